The number of nitrogens with two attached hydrogens (primary N) is 1. The minimum Gasteiger partial charge on any atom is -0.329 e. The minimum absolute atomic E-state index is 0.818. The van der Waals surface area contributed by atoms with Gasteiger partial charge in [-0.25, -0.2) is 0 Å². The summed E-state index contributed by atoms with van der Waals surface area (Å²) in [7, 11) is 2.27. The van der Waals surface area contributed by atoms with Crippen molar-refractivity contribution < 1.29 is 0 Å². The van der Waals surface area contributed by atoms with Gasteiger partial charge in [-0.1, -0.05) is 0 Å². The molecule has 1 unspecified atom stereocenters. The molecule has 2 heterocycles. The van der Waals surface area contributed by atoms with Crippen molar-refractivity contribution in [3.63, 3.8) is 0 Å². The van der Waals surface area contributed by atoms with Crippen LogP contribution in [-0.2, 0) is 0 Å². The number of likely N-dealkylation sites (tertiary alicyclic amines) is 2. The predicted octanol–water partition coefficient (Wildman–Crippen LogP) is 1.39. The van der Waals surface area contributed by atoms with Gasteiger partial charge in [-0.05, 0) is 70.6 Å². The summed E-state index contributed by atoms with van der Waals surface area (Å²) in [6.45, 7) is 7.13. The second-order valence-corrected chi connectivity index (χ2v) is 6.08. The molecule has 1 atom stereocenters. The van der Waals surface area contributed by atoms with E-state index < -0.39 is 0 Å². The van der Waals surface area contributed by atoms with Crippen LogP contribution in [0.25, 0.3) is 0 Å². The molecule has 0 bridgehead atoms. The van der Waals surface area contributed by atoms with E-state index in [-0.39, 0.29) is 0 Å². The standard InChI is InChI=1S/C14H29N3/c1-16-7-2-3-14(12-16)11-13-4-8-17(9-5-13)10-6-15/h13-14H,2-12,15H2,1H3. The van der Waals surface area contributed by atoms with Crippen molar-refractivity contribution in [2.45, 2.75) is 32.1 Å². The number of hydrogen-bond acceptors (Lipinski definition) is 3. The van der Waals surface area contributed by atoms with Crippen LogP contribution in [0.1, 0.15) is 32.1 Å². The van der Waals surface area contributed by atoms with Crippen molar-refractivity contribution >= 4 is 0 Å². The van der Waals surface area contributed by atoms with Crippen molar-refractivity contribution in [3.8, 4) is 0 Å². The third-order valence-corrected chi connectivity index (χ3v) is 4.54. The van der Waals surface area contributed by atoms with Crippen LogP contribution >= 0.6 is 0 Å². The van der Waals surface area contributed by atoms with Gasteiger partial charge in [0, 0.05) is 19.6 Å². The fourth-order valence-electron chi connectivity index (χ4n) is 3.57. The second-order valence-electron chi connectivity index (χ2n) is 6.08. The highest BCUT2D eigenvalue weighted by Gasteiger charge is 2.24. The van der Waals surface area contributed by atoms with Crippen molar-refractivity contribution in [2.75, 3.05) is 46.3 Å². The lowest BCUT2D eigenvalue weighted by atomic mass is 9.83. The van der Waals surface area contributed by atoms with Gasteiger partial charge < -0.3 is 15.5 Å². The molecule has 3 nitrogen and oxygen atoms in total. The average molecular weight is 239 g/mol. The number of hydrogen-bond donors (Lipinski definition) is 1. The van der Waals surface area contributed by atoms with E-state index in [0.29, 0.717) is 0 Å². The van der Waals surface area contributed by atoms with Crippen molar-refractivity contribution in [1.29, 1.82) is 0 Å². The van der Waals surface area contributed by atoms with Crippen molar-refractivity contribution in [3.05, 3.63) is 0 Å². The Balaban J connectivity index is 1.67. The molecule has 0 amide bonds. The van der Waals surface area contributed by atoms with E-state index in [9.17, 15) is 0 Å². The van der Waals surface area contributed by atoms with E-state index in [1.54, 1.807) is 0 Å². The maximum atomic E-state index is 5.61. The van der Waals surface area contributed by atoms with E-state index in [2.05, 4.69) is 16.8 Å². The first-order chi connectivity index (χ1) is 8.28. The van der Waals surface area contributed by atoms with E-state index in [1.165, 1.54) is 58.3 Å². The Labute approximate surface area is 106 Å². The zero-order chi connectivity index (χ0) is 12.1. The zero-order valence-electron chi connectivity index (χ0n) is 11.4. The Hall–Kier alpha value is -0.120. The maximum absolute atomic E-state index is 5.61. The van der Waals surface area contributed by atoms with Crippen molar-refractivity contribution in [2.24, 2.45) is 17.6 Å². The molecule has 0 aromatic carbocycles. The molecule has 0 aromatic rings. The summed E-state index contributed by atoms with van der Waals surface area (Å²) in [5.74, 6) is 1.96. The van der Waals surface area contributed by atoms with Crippen LogP contribution in [0.5, 0.6) is 0 Å². The molecule has 17 heavy (non-hydrogen) atoms. The van der Waals surface area contributed by atoms with Crippen LogP contribution in [0.3, 0.4) is 0 Å². The van der Waals surface area contributed by atoms with Crippen LogP contribution in [0, 0.1) is 11.8 Å². The molecular formula is C14H29N3. The van der Waals surface area contributed by atoms with Gasteiger partial charge >= 0.3 is 0 Å². The van der Waals surface area contributed by atoms with E-state index in [4.69, 9.17) is 5.73 Å². The Bertz CT molecular complexity index is 212. The quantitative estimate of drug-likeness (QED) is 0.805. The molecule has 2 N–H and O–H groups in total. The van der Waals surface area contributed by atoms with Crippen LogP contribution in [-0.4, -0.2) is 56.1 Å². The highest BCUT2D eigenvalue weighted by atomic mass is 15.1. The van der Waals surface area contributed by atoms with E-state index in [0.717, 1.165) is 24.9 Å². The fourth-order valence-corrected chi connectivity index (χ4v) is 3.57. The molecule has 2 saturated heterocycles. The monoisotopic (exact) mass is 239 g/mol. The summed E-state index contributed by atoms with van der Waals surface area (Å²) in [5.41, 5.74) is 5.61. The zero-order valence-corrected chi connectivity index (χ0v) is 11.4. The number of nitrogens with zero attached hydrogens (tertiary/aromatic N) is 2. The fraction of sp³-hybridized carbons (Fsp3) is 1.00. The van der Waals surface area contributed by atoms with Crippen molar-refractivity contribution in [1.82, 2.24) is 9.80 Å². The predicted molar refractivity (Wildman–Crippen MR) is 73.1 cm³/mol. The molecule has 100 valence electrons. The van der Waals surface area contributed by atoms with Crippen LogP contribution < -0.4 is 5.73 Å². The lowest BCUT2D eigenvalue weighted by Gasteiger charge is -2.36. The number of piperidine rings is 2. The Kier molecular flexibility index (Phi) is 5.26. The second kappa shape index (κ2) is 6.72. The summed E-state index contributed by atoms with van der Waals surface area (Å²) in [6, 6.07) is 0. The average Bonchev–Trinajstić information content (AvgIpc) is 2.32. The molecule has 0 aliphatic carbocycles. The normalized spacial score (nSPS) is 29.6. The first-order valence-electron chi connectivity index (χ1n) is 7.39. The number of rotatable bonds is 4. The molecule has 2 aliphatic heterocycles. The molecule has 0 spiro atoms. The Morgan fingerprint density at radius 2 is 1.82 bits per heavy atom. The van der Waals surface area contributed by atoms with Crippen LogP contribution in [0.2, 0.25) is 0 Å². The molecule has 0 saturated carbocycles. The van der Waals surface area contributed by atoms with Gasteiger partial charge in [-0.2, -0.15) is 0 Å². The summed E-state index contributed by atoms with van der Waals surface area (Å²) in [4.78, 5) is 5.04. The SMILES string of the molecule is CN1CCCC(CC2CCN(CCN)CC2)C1. The lowest BCUT2D eigenvalue weighted by Crippen LogP contribution is -2.38. The van der Waals surface area contributed by atoms with E-state index in [1.807, 2.05) is 0 Å². The topological polar surface area (TPSA) is 32.5 Å². The molecule has 2 fully saturated rings. The molecule has 2 rings (SSSR count). The summed E-state index contributed by atoms with van der Waals surface area (Å²) >= 11 is 0. The van der Waals surface area contributed by atoms with Gasteiger partial charge in [0.25, 0.3) is 0 Å². The Morgan fingerprint density at radius 1 is 1.06 bits per heavy atom. The molecule has 3 heteroatoms. The minimum atomic E-state index is 0.818. The third kappa shape index (κ3) is 4.23. The van der Waals surface area contributed by atoms with Crippen LogP contribution in [0.15, 0.2) is 0 Å². The van der Waals surface area contributed by atoms with Gasteiger partial charge in [0.1, 0.15) is 0 Å². The smallest absolute Gasteiger partial charge is 0.0105 e. The molecule has 0 aromatic heterocycles. The van der Waals surface area contributed by atoms with Gasteiger partial charge in [0.15, 0.2) is 0 Å². The van der Waals surface area contributed by atoms with E-state index >= 15 is 0 Å². The molecule has 0 radical (unpaired) electrons. The van der Waals surface area contributed by atoms with Gasteiger partial charge in [-0.3, -0.25) is 0 Å². The summed E-state index contributed by atoms with van der Waals surface area (Å²) < 4.78 is 0. The lowest BCUT2D eigenvalue weighted by molar-refractivity contribution is 0.139. The summed E-state index contributed by atoms with van der Waals surface area (Å²) in [6.07, 6.45) is 7.15. The first-order valence-corrected chi connectivity index (χ1v) is 7.39. The summed E-state index contributed by atoms with van der Waals surface area (Å²) in [5, 5.41) is 0. The van der Waals surface area contributed by atoms with Crippen LogP contribution in [0.4, 0.5) is 0 Å². The third-order valence-electron chi connectivity index (χ3n) is 4.54. The maximum Gasteiger partial charge on any atom is 0.0105 e. The molecular weight excluding hydrogens is 210 g/mol. The van der Waals surface area contributed by atoms with Gasteiger partial charge in [0.2, 0.25) is 0 Å². The largest absolute Gasteiger partial charge is 0.329 e. The highest BCUT2D eigenvalue weighted by Crippen LogP contribution is 2.28. The molecule has 2 aliphatic rings. The van der Waals surface area contributed by atoms with Gasteiger partial charge in [0.05, 0.1) is 0 Å². The first kappa shape index (κ1) is 13.3. The van der Waals surface area contributed by atoms with Gasteiger partial charge in [-0.15, -0.1) is 0 Å². The highest BCUT2D eigenvalue weighted by molar-refractivity contribution is 4.78. The Morgan fingerprint density at radius 3 is 2.47 bits per heavy atom.